The van der Waals surface area contributed by atoms with Gasteiger partial charge in [-0.3, -0.25) is 10.1 Å². The van der Waals surface area contributed by atoms with Crippen molar-refractivity contribution >= 4 is 51.7 Å². The summed E-state index contributed by atoms with van der Waals surface area (Å²) < 4.78 is 0. The van der Waals surface area contributed by atoms with Crippen LogP contribution >= 0.6 is 34.5 Å². The van der Waals surface area contributed by atoms with Crippen molar-refractivity contribution in [1.29, 1.82) is 0 Å². The first-order valence-electron chi connectivity index (χ1n) is 7.07. The van der Waals surface area contributed by atoms with E-state index < -0.39 is 0 Å². The average molecular weight is 375 g/mol. The van der Waals surface area contributed by atoms with Gasteiger partial charge in [-0.1, -0.05) is 53.5 Å². The van der Waals surface area contributed by atoms with Gasteiger partial charge in [0.25, 0.3) is 0 Å². The molecule has 0 aliphatic rings. The van der Waals surface area contributed by atoms with Gasteiger partial charge in [0, 0.05) is 22.0 Å². The van der Waals surface area contributed by atoms with Crippen molar-refractivity contribution in [3.63, 3.8) is 0 Å². The summed E-state index contributed by atoms with van der Waals surface area (Å²) in [6, 6.07) is 14.8. The predicted molar refractivity (Wildman–Crippen MR) is 102 cm³/mol. The largest absolute Gasteiger partial charge is 0.298 e. The lowest BCUT2D eigenvalue weighted by atomic mass is 10.2. The third-order valence-corrected chi connectivity index (χ3v) is 4.47. The zero-order valence-electron chi connectivity index (χ0n) is 12.4. The Morgan fingerprint density at radius 2 is 1.92 bits per heavy atom. The Morgan fingerprint density at radius 1 is 1.12 bits per heavy atom. The maximum absolute atomic E-state index is 12.0. The fourth-order valence-corrected chi connectivity index (χ4v) is 3.25. The quantitative estimate of drug-likeness (QED) is 0.589. The van der Waals surface area contributed by atoms with E-state index in [2.05, 4.69) is 10.3 Å². The first-order valence-corrected chi connectivity index (χ1v) is 8.70. The van der Waals surface area contributed by atoms with Gasteiger partial charge in [-0.05, 0) is 29.8 Å². The minimum absolute atomic E-state index is 0.234. The summed E-state index contributed by atoms with van der Waals surface area (Å²) in [6.45, 7) is 0. The van der Waals surface area contributed by atoms with Crippen LogP contribution in [-0.2, 0) is 4.79 Å². The van der Waals surface area contributed by atoms with Gasteiger partial charge < -0.3 is 0 Å². The molecule has 120 valence electrons. The number of aromatic nitrogens is 1. The van der Waals surface area contributed by atoms with E-state index in [-0.39, 0.29) is 5.91 Å². The molecular weight excluding hydrogens is 363 g/mol. The Kier molecular flexibility index (Phi) is 5.30. The molecule has 3 aromatic rings. The Balaban J connectivity index is 1.70. The van der Waals surface area contributed by atoms with E-state index in [4.69, 9.17) is 23.2 Å². The number of halogens is 2. The second-order valence-corrected chi connectivity index (χ2v) is 6.60. The molecule has 0 atom stereocenters. The third-order valence-electron chi connectivity index (χ3n) is 3.17. The van der Waals surface area contributed by atoms with Crippen LogP contribution in [0.15, 0.2) is 60.0 Å². The van der Waals surface area contributed by atoms with Crippen LogP contribution in [0.25, 0.3) is 17.3 Å². The van der Waals surface area contributed by atoms with Crippen LogP contribution in [-0.4, -0.2) is 10.9 Å². The summed E-state index contributed by atoms with van der Waals surface area (Å²) in [4.78, 5) is 16.4. The average Bonchev–Trinajstić information content (AvgIpc) is 3.02. The summed E-state index contributed by atoms with van der Waals surface area (Å²) in [5, 5.41) is 6.19. The highest BCUT2D eigenvalue weighted by Gasteiger charge is 2.10. The van der Waals surface area contributed by atoms with Crippen LogP contribution in [0.1, 0.15) is 5.56 Å². The van der Waals surface area contributed by atoms with Crippen molar-refractivity contribution < 1.29 is 4.79 Å². The molecule has 1 aromatic heterocycles. The highest BCUT2D eigenvalue weighted by molar-refractivity contribution is 7.14. The lowest BCUT2D eigenvalue weighted by molar-refractivity contribution is -0.111. The summed E-state index contributed by atoms with van der Waals surface area (Å²) in [5.41, 5.74) is 2.43. The summed E-state index contributed by atoms with van der Waals surface area (Å²) in [5.74, 6) is -0.234. The summed E-state index contributed by atoms with van der Waals surface area (Å²) >= 11 is 13.4. The normalized spacial score (nSPS) is 10.9. The van der Waals surface area contributed by atoms with E-state index in [0.717, 1.165) is 11.1 Å². The highest BCUT2D eigenvalue weighted by Crippen LogP contribution is 2.32. The van der Waals surface area contributed by atoms with Crippen LogP contribution in [0.3, 0.4) is 0 Å². The Bertz CT molecular complexity index is 891. The number of rotatable bonds is 4. The first-order chi connectivity index (χ1) is 11.6. The molecule has 0 saturated carbocycles. The van der Waals surface area contributed by atoms with Gasteiger partial charge in [-0.25, -0.2) is 4.98 Å². The van der Waals surface area contributed by atoms with Crippen LogP contribution in [0, 0.1) is 0 Å². The van der Waals surface area contributed by atoms with Crippen molar-refractivity contribution in [2.45, 2.75) is 0 Å². The number of amides is 1. The van der Waals surface area contributed by atoms with E-state index in [1.807, 2.05) is 35.7 Å². The SMILES string of the molecule is O=C(C=Cc1ccccc1)Nc1nc(-c2ccc(Cl)cc2Cl)cs1. The molecule has 24 heavy (non-hydrogen) atoms. The van der Waals surface area contributed by atoms with Gasteiger partial charge >= 0.3 is 0 Å². The maximum atomic E-state index is 12.0. The van der Waals surface area contributed by atoms with Crippen LogP contribution in [0.2, 0.25) is 10.0 Å². The third kappa shape index (κ3) is 4.23. The fourth-order valence-electron chi connectivity index (χ4n) is 2.04. The molecule has 3 rings (SSSR count). The Hall–Kier alpha value is -2.14. The Labute approximate surface area is 153 Å². The van der Waals surface area contributed by atoms with E-state index in [0.29, 0.717) is 20.9 Å². The lowest BCUT2D eigenvalue weighted by Crippen LogP contribution is -2.07. The van der Waals surface area contributed by atoms with Gasteiger partial charge in [0.1, 0.15) is 0 Å². The number of carbonyl (C=O) groups excluding carboxylic acids is 1. The second-order valence-electron chi connectivity index (χ2n) is 4.90. The molecule has 0 bridgehead atoms. The van der Waals surface area contributed by atoms with Gasteiger partial charge in [-0.15, -0.1) is 11.3 Å². The minimum Gasteiger partial charge on any atom is -0.298 e. The number of nitrogens with one attached hydrogen (secondary N) is 1. The van der Waals surface area contributed by atoms with E-state index in [1.54, 1.807) is 24.3 Å². The van der Waals surface area contributed by atoms with Crippen LogP contribution < -0.4 is 5.32 Å². The molecule has 0 unspecified atom stereocenters. The molecule has 1 amide bonds. The molecular formula is C18H12Cl2N2OS. The molecule has 0 aliphatic carbocycles. The van der Waals surface area contributed by atoms with Crippen molar-refractivity contribution in [1.82, 2.24) is 4.98 Å². The zero-order valence-corrected chi connectivity index (χ0v) is 14.7. The van der Waals surface area contributed by atoms with Crippen LogP contribution in [0.4, 0.5) is 5.13 Å². The minimum atomic E-state index is -0.234. The van der Waals surface area contributed by atoms with Crippen LogP contribution in [0.5, 0.6) is 0 Å². The first kappa shape index (κ1) is 16.7. The van der Waals surface area contributed by atoms with Gasteiger partial charge in [-0.2, -0.15) is 0 Å². The molecule has 0 aliphatic heterocycles. The summed E-state index contributed by atoms with van der Waals surface area (Å²) in [7, 11) is 0. The van der Waals surface area contributed by atoms with Crippen molar-refractivity contribution in [3.8, 4) is 11.3 Å². The van der Waals surface area contributed by atoms with Gasteiger partial charge in [0.05, 0.1) is 10.7 Å². The van der Waals surface area contributed by atoms with Gasteiger partial charge in [0.2, 0.25) is 5.91 Å². The zero-order chi connectivity index (χ0) is 16.9. The number of hydrogen-bond donors (Lipinski definition) is 1. The molecule has 0 radical (unpaired) electrons. The maximum Gasteiger partial charge on any atom is 0.250 e. The Morgan fingerprint density at radius 3 is 2.67 bits per heavy atom. The van der Waals surface area contributed by atoms with Gasteiger partial charge in [0.15, 0.2) is 5.13 Å². The molecule has 3 nitrogen and oxygen atoms in total. The number of benzene rings is 2. The molecule has 0 spiro atoms. The lowest BCUT2D eigenvalue weighted by Gasteiger charge is -2.01. The molecule has 1 N–H and O–H groups in total. The fraction of sp³-hybridized carbons (Fsp3) is 0. The predicted octanol–water partition coefficient (Wildman–Crippen LogP) is 5.77. The number of carbonyl (C=O) groups is 1. The van der Waals surface area contributed by atoms with E-state index >= 15 is 0 Å². The number of nitrogens with zero attached hydrogens (tertiary/aromatic N) is 1. The number of hydrogen-bond acceptors (Lipinski definition) is 3. The van der Waals surface area contributed by atoms with E-state index in [9.17, 15) is 4.79 Å². The van der Waals surface area contributed by atoms with E-state index in [1.165, 1.54) is 17.4 Å². The van der Waals surface area contributed by atoms with Crippen molar-refractivity contribution in [2.75, 3.05) is 5.32 Å². The molecule has 0 saturated heterocycles. The highest BCUT2D eigenvalue weighted by atomic mass is 35.5. The van der Waals surface area contributed by atoms with Crippen molar-refractivity contribution in [2.24, 2.45) is 0 Å². The smallest absolute Gasteiger partial charge is 0.250 e. The molecule has 1 heterocycles. The standard InChI is InChI=1S/C18H12Cl2N2OS/c19-13-7-8-14(15(20)10-13)16-11-24-18(21-16)22-17(23)9-6-12-4-2-1-3-5-12/h1-11H,(H,21,22,23). The second kappa shape index (κ2) is 7.62. The molecule has 6 heteroatoms. The molecule has 0 fully saturated rings. The molecule has 2 aromatic carbocycles. The number of thiazole rings is 1. The monoisotopic (exact) mass is 374 g/mol. The summed E-state index contributed by atoms with van der Waals surface area (Å²) in [6.07, 6.45) is 3.23. The topological polar surface area (TPSA) is 42.0 Å². The van der Waals surface area contributed by atoms with Crippen molar-refractivity contribution in [3.05, 3.63) is 75.6 Å². The number of anilines is 1.